The van der Waals surface area contributed by atoms with Gasteiger partial charge in [-0.2, -0.15) is 0 Å². The highest BCUT2D eigenvalue weighted by Gasteiger charge is 2.13. The van der Waals surface area contributed by atoms with Gasteiger partial charge in [-0.05, 0) is 55.4 Å². The van der Waals surface area contributed by atoms with Crippen molar-refractivity contribution in [3.8, 4) is 5.75 Å². The zero-order valence-corrected chi connectivity index (χ0v) is 10.3. The Morgan fingerprint density at radius 1 is 1.13 bits per heavy atom. The third-order valence-corrected chi connectivity index (χ3v) is 5.83. The molecule has 1 nitrogen and oxygen atoms in total. The fourth-order valence-electron chi connectivity index (χ4n) is 2.09. The molecule has 0 amide bonds. The topological polar surface area (TPSA) is 9.23 Å². The first-order valence-electron chi connectivity index (χ1n) is 5.74. The molecule has 2 rings (SSSR count). The third kappa shape index (κ3) is 3.21. The molecule has 82 valence electrons. The lowest BCUT2D eigenvalue weighted by Crippen LogP contribution is -1.92. The van der Waals surface area contributed by atoms with Gasteiger partial charge >= 0.3 is 0 Å². The van der Waals surface area contributed by atoms with Crippen LogP contribution in [0.1, 0.15) is 18.4 Å². The van der Waals surface area contributed by atoms with E-state index in [0.717, 1.165) is 5.75 Å². The summed E-state index contributed by atoms with van der Waals surface area (Å²) in [5.74, 6) is 0.963. The second-order valence-electron chi connectivity index (χ2n) is 4.15. The molecule has 1 aromatic rings. The van der Waals surface area contributed by atoms with Crippen molar-refractivity contribution in [3.05, 3.63) is 29.8 Å². The summed E-state index contributed by atoms with van der Waals surface area (Å²) in [6, 6.07) is 8.53. The zero-order chi connectivity index (χ0) is 10.5. The van der Waals surface area contributed by atoms with Crippen LogP contribution in [0, 0.1) is 0 Å². The van der Waals surface area contributed by atoms with Crippen molar-refractivity contribution in [2.75, 3.05) is 25.6 Å². The van der Waals surface area contributed by atoms with Crippen LogP contribution in [0.5, 0.6) is 5.75 Å². The maximum Gasteiger partial charge on any atom is 0.118 e. The monoisotopic (exact) mass is 222 g/mol. The molecule has 1 fully saturated rings. The normalized spacial score (nSPS) is 16.9. The molecule has 0 saturated carbocycles. The average Bonchev–Trinajstić information content (AvgIpc) is 2.80. The molecule has 0 spiro atoms. The minimum atomic E-state index is 0.389. The Labute approximate surface area is 93.6 Å². The van der Waals surface area contributed by atoms with E-state index in [4.69, 9.17) is 4.74 Å². The maximum atomic E-state index is 5.15. The van der Waals surface area contributed by atoms with Gasteiger partial charge in [-0.15, -0.1) is 7.92 Å². The van der Waals surface area contributed by atoms with Gasteiger partial charge in [0.1, 0.15) is 5.75 Å². The summed E-state index contributed by atoms with van der Waals surface area (Å²) in [4.78, 5) is 0. The lowest BCUT2D eigenvalue weighted by Gasteiger charge is -2.09. The van der Waals surface area contributed by atoms with Gasteiger partial charge in [0.25, 0.3) is 0 Å². The molecule has 1 heterocycles. The predicted molar refractivity (Wildman–Crippen MR) is 67.5 cm³/mol. The molecule has 0 radical (unpaired) electrons. The van der Waals surface area contributed by atoms with Crippen molar-refractivity contribution >= 4 is 7.92 Å². The summed E-state index contributed by atoms with van der Waals surface area (Å²) in [6.45, 7) is 0. The molecule has 0 unspecified atom stereocenters. The molecule has 1 saturated heterocycles. The number of hydrogen-bond donors (Lipinski definition) is 0. The highest BCUT2D eigenvalue weighted by atomic mass is 31.1. The van der Waals surface area contributed by atoms with Crippen LogP contribution < -0.4 is 4.74 Å². The van der Waals surface area contributed by atoms with Gasteiger partial charge < -0.3 is 4.74 Å². The molecular weight excluding hydrogens is 203 g/mol. The lowest BCUT2D eigenvalue weighted by atomic mass is 10.2. The Morgan fingerprint density at radius 3 is 2.40 bits per heavy atom. The van der Waals surface area contributed by atoms with Crippen LogP contribution in [0.25, 0.3) is 0 Å². The Kier molecular flexibility index (Phi) is 4.02. The lowest BCUT2D eigenvalue weighted by molar-refractivity contribution is 0.414. The first-order valence-corrected chi connectivity index (χ1v) is 7.63. The molecule has 1 aromatic carbocycles. The third-order valence-electron chi connectivity index (χ3n) is 3.07. The molecule has 0 atom stereocenters. The molecule has 0 aromatic heterocycles. The smallest absolute Gasteiger partial charge is 0.118 e. The molecular formula is C13H19OP. The number of methoxy groups -OCH3 is 1. The van der Waals surface area contributed by atoms with Crippen LogP contribution in [0.4, 0.5) is 0 Å². The van der Waals surface area contributed by atoms with Crippen molar-refractivity contribution in [1.29, 1.82) is 0 Å². The minimum absolute atomic E-state index is 0.389. The Bertz CT molecular complexity index is 288. The second-order valence-corrected chi connectivity index (χ2v) is 6.83. The summed E-state index contributed by atoms with van der Waals surface area (Å²) < 4.78 is 5.15. The number of hydrogen-bond acceptors (Lipinski definition) is 1. The number of benzene rings is 1. The van der Waals surface area contributed by atoms with Gasteiger partial charge in [-0.25, -0.2) is 0 Å². The van der Waals surface area contributed by atoms with Gasteiger partial charge in [-0.3, -0.25) is 0 Å². The van der Waals surface area contributed by atoms with Crippen molar-refractivity contribution in [2.45, 2.75) is 19.3 Å². The molecule has 1 aliphatic heterocycles. The van der Waals surface area contributed by atoms with Crippen molar-refractivity contribution in [3.63, 3.8) is 0 Å². The SMILES string of the molecule is COc1ccc(CCP2CCCC2)cc1. The molecule has 0 aliphatic carbocycles. The number of ether oxygens (including phenoxy) is 1. The Morgan fingerprint density at radius 2 is 1.80 bits per heavy atom. The van der Waals surface area contributed by atoms with E-state index < -0.39 is 0 Å². The van der Waals surface area contributed by atoms with Crippen LogP contribution in [0.15, 0.2) is 24.3 Å². The van der Waals surface area contributed by atoms with Crippen molar-refractivity contribution in [2.24, 2.45) is 0 Å². The van der Waals surface area contributed by atoms with E-state index in [1.807, 2.05) is 0 Å². The molecule has 2 heteroatoms. The first kappa shape index (κ1) is 11.0. The van der Waals surface area contributed by atoms with Crippen LogP contribution >= 0.6 is 7.92 Å². The molecule has 1 aliphatic rings. The first-order chi connectivity index (χ1) is 7.38. The minimum Gasteiger partial charge on any atom is -0.497 e. The van der Waals surface area contributed by atoms with Gasteiger partial charge in [0.15, 0.2) is 0 Å². The van der Waals surface area contributed by atoms with E-state index in [1.54, 1.807) is 7.11 Å². The predicted octanol–water partition coefficient (Wildman–Crippen LogP) is 3.51. The van der Waals surface area contributed by atoms with E-state index in [9.17, 15) is 0 Å². The largest absolute Gasteiger partial charge is 0.497 e. The Balaban J connectivity index is 1.82. The maximum absolute atomic E-state index is 5.15. The summed E-state index contributed by atoms with van der Waals surface area (Å²) in [6.07, 6.45) is 8.69. The highest BCUT2D eigenvalue weighted by molar-refractivity contribution is 7.57. The van der Waals surface area contributed by atoms with Gasteiger partial charge in [0.2, 0.25) is 0 Å². The quantitative estimate of drug-likeness (QED) is 0.708. The standard InChI is InChI=1S/C13H19OP/c1-14-13-6-4-12(5-7-13)8-11-15-9-2-3-10-15/h4-7H,2-3,8-11H2,1H3. The van der Waals surface area contributed by atoms with E-state index in [0.29, 0.717) is 7.92 Å². The summed E-state index contributed by atoms with van der Waals surface area (Å²) in [5.41, 5.74) is 1.46. The second kappa shape index (κ2) is 5.51. The van der Waals surface area contributed by atoms with Gasteiger partial charge in [0.05, 0.1) is 7.11 Å². The van der Waals surface area contributed by atoms with E-state index in [-0.39, 0.29) is 0 Å². The van der Waals surface area contributed by atoms with Crippen LogP contribution in [-0.4, -0.2) is 25.6 Å². The zero-order valence-electron chi connectivity index (χ0n) is 9.41. The summed E-state index contributed by atoms with van der Waals surface area (Å²) in [7, 11) is 2.11. The molecule has 0 N–H and O–H groups in total. The number of rotatable bonds is 4. The average molecular weight is 222 g/mol. The summed E-state index contributed by atoms with van der Waals surface area (Å²) in [5, 5.41) is 0. The van der Waals surface area contributed by atoms with E-state index >= 15 is 0 Å². The van der Waals surface area contributed by atoms with E-state index in [2.05, 4.69) is 24.3 Å². The molecule has 15 heavy (non-hydrogen) atoms. The van der Waals surface area contributed by atoms with Crippen LogP contribution in [-0.2, 0) is 6.42 Å². The van der Waals surface area contributed by atoms with E-state index in [1.165, 1.54) is 43.3 Å². The molecule has 0 bridgehead atoms. The highest BCUT2D eigenvalue weighted by Crippen LogP contribution is 2.43. The Hall–Kier alpha value is -0.550. The van der Waals surface area contributed by atoms with Gasteiger partial charge in [-0.1, -0.05) is 12.1 Å². The van der Waals surface area contributed by atoms with Crippen LogP contribution in [0.2, 0.25) is 0 Å². The van der Waals surface area contributed by atoms with Crippen LogP contribution in [0.3, 0.4) is 0 Å². The summed E-state index contributed by atoms with van der Waals surface area (Å²) >= 11 is 0. The van der Waals surface area contributed by atoms with Crippen molar-refractivity contribution < 1.29 is 4.74 Å². The van der Waals surface area contributed by atoms with Crippen molar-refractivity contribution in [1.82, 2.24) is 0 Å². The fraction of sp³-hybridized carbons (Fsp3) is 0.538. The fourth-order valence-corrected chi connectivity index (χ4v) is 4.67. The van der Waals surface area contributed by atoms with Gasteiger partial charge in [0, 0.05) is 0 Å². The number of aryl methyl sites for hydroxylation is 1.